The second-order valence-corrected chi connectivity index (χ2v) is 6.44. The van der Waals surface area contributed by atoms with Crippen molar-refractivity contribution >= 4 is 11.6 Å². The zero-order valence-electron chi connectivity index (χ0n) is 12.5. The molecule has 5 nitrogen and oxygen atoms in total. The van der Waals surface area contributed by atoms with E-state index < -0.39 is 0 Å². The minimum atomic E-state index is 0.533. The molecule has 0 spiro atoms. The van der Waals surface area contributed by atoms with E-state index in [1.165, 1.54) is 24.0 Å². The molecule has 0 atom stereocenters. The van der Waals surface area contributed by atoms with E-state index in [1.807, 2.05) is 12.1 Å². The number of halogens is 1. The Kier molecular flexibility index (Phi) is 3.54. The van der Waals surface area contributed by atoms with Crippen molar-refractivity contribution in [2.45, 2.75) is 38.3 Å². The zero-order valence-corrected chi connectivity index (χ0v) is 13.3. The summed E-state index contributed by atoms with van der Waals surface area (Å²) in [5.74, 6) is 2.87. The van der Waals surface area contributed by atoms with Crippen molar-refractivity contribution in [3.05, 3.63) is 40.0 Å². The molecular weight excluding hydrogens is 302 g/mol. The third-order valence-electron chi connectivity index (χ3n) is 4.35. The number of methoxy groups -OCH3 is 1. The van der Waals surface area contributed by atoms with Gasteiger partial charge in [-0.2, -0.15) is 4.98 Å². The highest BCUT2D eigenvalue weighted by molar-refractivity contribution is 6.32. The molecule has 0 saturated heterocycles. The van der Waals surface area contributed by atoms with Crippen molar-refractivity contribution in [2.24, 2.45) is 0 Å². The molecule has 1 aromatic carbocycles. The number of ether oxygens (including phenoxy) is 1. The van der Waals surface area contributed by atoms with Gasteiger partial charge in [-0.05, 0) is 42.5 Å². The fourth-order valence-corrected chi connectivity index (χ4v) is 3.20. The van der Waals surface area contributed by atoms with Crippen LogP contribution in [-0.2, 0) is 19.5 Å². The van der Waals surface area contributed by atoms with Gasteiger partial charge in [0.1, 0.15) is 5.75 Å². The quantitative estimate of drug-likeness (QED) is 0.866. The number of benzene rings is 1. The number of aromatic nitrogens is 2. The Balaban J connectivity index is 1.47. The number of nitrogens with zero attached hydrogens (tertiary/aromatic N) is 3. The Hall–Kier alpha value is -1.59. The summed E-state index contributed by atoms with van der Waals surface area (Å²) in [5, 5.41) is 4.74. The van der Waals surface area contributed by atoms with Crippen LogP contribution in [0.3, 0.4) is 0 Å². The molecule has 1 aliphatic heterocycles. The number of hydrogen-bond acceptors (Lipinski definition) is 5. The normalized spacial score (nSPS) is 18.3. The van der Waals surface area contributed by atoms with Crippen LogP contribution in [0.1, 0.15) is 41.6 Å². The van der Waals surface area contributed by atoms with Crippen LogP contribution in [0.4, 0.5) is 0 Å². The van der Waals surface area contributed by atoms with Crippen molar-refractivity contribution in [3.8, 4) is 5.75 Å². The molecular formula is C16H18ClN3O2. The topological polar surface area (TPSA) is 51.4 Å². The Morgan fingerprint density at radius 2 is 2.23 bits per heavy atom. The molecule has 6 heteroatoms. The maximum absolute atomic E-state index is 6.23. The van der Waals surface area contributed by atoms with E-state index >= 15 is 0 Å². The first kappa shape index (κ1) is 14.0. The van der Waals surface area contributed by atoms with Crippen LogP contribution in [0.5, 0.6) is 5.75 Å². The Bertz CT molecular complexity index is 697. The largest absolute Gasteiger partial charge is 0.495 e. The summed E-state index contributed by atoms with van der Waals surface area (Å²) in [6, 6.07) is 4.05. The van der Waals surface area contributed by atoms with Crippen LogP contribution in [0.2, 0.25) is 5.02 Å². The summed E-state index contributed by atoms with van der Waals surface area (Å²) in [5.41, 5.74) is 2.56. The van der Waals surface area contributed by atoms with Crippen molar-refractivity contribution in [1.29, 1.82) is 0 Å². The lowest BCUT2D eigenvalue weighted by Gasteiger charge is -2.28. The summed E-state index contributed by atoms with van der Waals surface area (Å²) in [7, 11) is 1.65. The van der Waals surface area contributed by atoms with E-state index in [4.69, 9.17) is 20.9 Å². The molecule has 0 N–H and O–H groups in total. The molecule has 1 fully saturated rings. The highest BCUT2D eigenvalue weighted by Crippen LogP contribution is 2.38. The molecule has 2 heterocycles. The van der Waals surface area contributed by atoms with Gasteiger partial charge in [0.25, 0.3) is 0 Å². The van der Waals surface area contributed by atoms with Crippen molar-refractivity contribution in [2.75, 3.05) is 13.7 Å². The van der Waals surface area contributed by atoms with Crippen molar-refractivity contribution in [1.82, 2.24) is 15.0 Å². The van der Waals surface area contributed by atoms with E-state index in [2.05, 4.69) is 15.0 Å². The maximum atomic E-state index is 6.23. The lowest BCUT2D eigenvalue weighted by Crippen LogP contribution is -2.30. The predicted octanol–water partition coefficient (Wildman–Crippen LogP) is 3.17. The molecule has 1 aliphatic carbocycles. The standard InChI is InChI=1S/C16H18ClN3O2/c1-21-14-7-11-4-5-20(8-12(11)6-13(14)17)9-15-18-16(19-22-15)10-2-3-10/h6-7,10H,2-5,8-9H2,1H3. The Labute approximate surface area is 134 Å². The van der Waals surface area contributed by atoms with E-state index in [-0.39, 0.29) is 0 Å². The first-order valence-corrected chi connectivity index (χ1v) is 8.01. The van der Waals surface area contributed by atoms with Crippen LogP contribution in [0, 0.1) is 0 Å². The molecule has 4 rings (SSSR count). The van der Waals surface area contributed by atoms with Gasteiger partial charge < -0.3 is 9.26 Å². The summed E-state index contributed by atoms with van der Waals surface area (Å²) in [4.78, 5) is 6.82. The molecule has 2 aliphatic rings. The van der Waals surface area contributed by atoms with Gasteiger partial charge in [0, 0.05) is 19.0 Å². The first-order chi connectivity index (χ1) is 10.7. The molecule has 22 heavy (non-hydrogen) atoms. The highest BCUT2D eigenvalue weighted by atomic mass is 35.5. The van der Waals surface area contributed by atoms with Crippen LogP contribution in [0.25, 0.3) is 0 Å². The lowest BCUT2D eigenvalue weighted by atomic mass is 9.99. The Morgan fingerprint density at radius 3 is 3.00 bits per heavy atom. The minimum Gasteiger partial charge on any atom is -0.495 e. The third-order valence-corrected chi connectivity index (χ3v) is 4.65. The molecule has 1 saturated carbocycles. The number of hydrogen-bond donors (Lipinski definition) is 0. The van der Waals surface area contributed by atoms with Gasteiger partial charge in [0.05, 0.1) is 18.7 Å². The van der Waals surface area contributed by atoms with Crippen LogP contribution in [0.15, 0.2) is 16.7 Å². The molecule has 116 valence electrons. The van der Waals surface area contributed by atoms with Gasteiger partial charge in [0.2, 0.25) is 5.89 Å². The molecule has 0 radical (unpaired) electrons. The highest BCUT2D eigenvalue weighted by Gasteiger charge is 2.29. The van der Waals surface area contributed by atoms with E-state index in [9.17, 15) is 0 Å². The minimum absolute atomic E-state index is 0.533. The van der Waals surface area contributed by atoms with Crippen molar-refractivity contribution < 1.29 is 9.26 Å². The smallest absolute Gasteiger partial charge is 0.240 e. The van der Waals surface area contributed by atoms with Gasteiger partial charge in [-0.3, -0.25) is 4.90 Å². The van der Waals surface area contributed by atoms with Gasteiger partial charge in [0.15, 0.2) is 5.82 Å². The summed E-state index contributed by atoms with van der Waals surface area (Å²) in [6.07, 6.45) is 3.36. The Morgan fingerprint density at radius 1 is 1.36 bits per heavy atom. The molecule has 2 aromatic rings. The SMILES string of the molecule is COc1cc2c(cc1Cl)CN(Cc1nc(C3CC3)no1)CC2. The summed E-state index contributed by atoms with van der Waals surface area (Å²) in [6.45, 7) is 2.52. The van der Waals surface area contributed by atoms with Gasteiger partial charge in [-0.25, -0.2) is 0 Å². The van der Waals surface area contributed by atoms with Gasteiger partial charge in [-0.1, -0.05) is 16.8 Å². The molecule has 0 unspecified atom stereocenters. The van der Waals surface area contributed by atoms with Crippen LogP contribution < -0.4 is 4.74 Å². The summed E-state index contributed by atoms with van der Waals surface area (Å²) < 4.78 is 10.7. The monoisotopic (exact) mass is 319 g/mol. The zero-order chi connectivity index (χ0) is 15.1. The number of rotatable bonds is 4. The summed E-state index contributed by atoms with van der Waals surface area (Å²) >= 11 is 6.23. The maximum Gasteiger partial charge on any atom is 0.240 e. The fraction of sp³-hybridized carbons (Fsp3) is 0.500. The third kappa shape index (κ3) is 2.71. The fourth-order valence-electron chi connectivity index (χ4n) is 2.94. The second kappa shape index (κ2) is 5.56. The van der Waals surface area contributed by atoms with Crippen molar-refractivity contribution in [3.63, 3.8) is 0 Å². The van der Waals surface area contributed by atoms with E-state index in [0.29, 0.717) is 23.4 Å². The van der Waals surface area contributed by atoms with E-state index in [1.54, 1.807) is 7.11 Å². The second-order valence-electron chi connectivity index (χ2n) is 6.04. The predicted molar refractivity (Wildman–Crippen MR) is 82.1 cm³/mol. The van der Waals surface area contributed by atoms with E-state index in [0.717, 1.165) is 31.1 Å². The lowest BCUT2D eigenvalue weighted by molar-refractivity contribution is 0.210. The van der Waals surface area contributed by atoms with Crippen LogP contribution >= 0.6 is 11.6 Å². The first-order valence-electron chi connectivity index (χ1n) is 7.63. The molecule has 0 amide bonds. The van der Waals surface area contributed by atoms with Crippen LogP contribution in [-0.4, -0.2) is 28.7 Å². The average Bonchev–Trinajstić information content (AvgIpc) is 3.27. The van der Waals surface area contributed by atoms with Gasteiger partial charge in [-0.15, -0.1) is 0 Å². The number of fused-ring (bicyclic) bond motifs is 1. The average molecular weight is 320 g/mol. The van der Waals surface area contributed by atoms with Gasteiger partial charge >= 0.3 is 0 Å². The molecule has 1 aromatic heterocycles. The molecule has 0 bridgehead atoms.